The number of thiophene rings is 1. The third-order valence-corrected chi connectivity index (χ3v) is 5.26. The van der Waals surface area contributed by atoms with Gasteiger partial charge in [-0.1, -0.05) is 6.92 Å². The van der Waals surface area contributed by atoms with Gasteiger partial charge < -0.3 is 4.74 Å². The molecule has 0 saturated heterocycles. The quantitative estimate of drug-likeness (QED) is 0.858. The summed E-state index contributed by atoms with van der Waals surface area (Å²) in [5, 5.41) is 6.07. The number of fused-ring (bicyclic) bond motifs is 1. The highest BCUT2D eigenvalue weighted by Crippen LogP contribution is 2.43. The number of rotatable bonds is 3. The third-order valence-electron chi connectivity index (χ3n) is 2.92. The maximum Gasteiger partial charge on any atom is 0.322 e. The molecule has 0 bridgehead atoms. The Kier molecular flexibility index (Phi) is 4.12. The second kappa shape index (κ2) is 5.42. The number of methoxy groups -OCH3 is 1. The molecule has 1 aliphatic rings. The lowest BCUT2D eigenvalue weighted by Crippen LogP contribution is -2.39. The minimum atomic E-state index is -0.256. The molecule has 3 nitrogen and oxygen atoms in total. The molecule has 2 rings (SSSR count). The molecule has 0 fully saturated rings. The van der Waals surface area contributed by atoms with Crippen molar-refractivity contribution >= 4 is 29.1 Å². The summed E-state index contributed by atoms with van der Waals surface area (Å²) < 4.78 is 6.12. The zero-order chi connectivity index (χ0) is 12.4. The van der Waals surface area contributed by atoms with Crippen molar-refractivity contribution in [2.45, 2.75) is 41.8 Å². The molecular formula is C12H17NO2S2. The molecule has 0 aromatic carbocycles. The Hall–Kier alpha value is -0.520. The van der Waals surface area contributed by atoms with E-state index in [0.29, 0.717) is 5.25 Å². The maximum atomic E-state index is 11.4. The maximum absolute atomic E-state index is 11.4. The molecule has 1 N–H and O–H groups in total. The highest BCUT2D eigenvalue weighted by atomic mass is 32.2. The van der Waals surface area contributed by atoms with E-state index in [1.54, 1.807) is 11.3 Å². The van der Waals surface area contributed by atoms with Gasteiger partial charge in [0.15, 0.2) is 0 Å². The molecule has 0 spiro atoms. The average molecular weight is 271 g/mol. The summed E-state index contributed by atoms with van der Waals surface area (Å²) in [6, 6.07) is 2.16. The Morgan fingerprint density at radius 3 is 3.12 bits per heavy atom. The van der Waals surface area contributed by atoms with E-state index in [0.717, 1.165) is 6.42 Å². The van der Waals surface area contributed by atoms with Gasteiger partial charge in [0, 0.05) is 11.3 Å². The summed E-state index contributed by atoms with van der Waals surface area (Å²) >= 11 is 3.71. The molecule has 1 aliphatic heterocycles. The van der Waals surface area contributed by atoms with E-state index in [1.807, 2.05) is 18.7 Å². The van der Waals surface area contributed by atoms with Crippen LogP contribution in [0.2, 0.25) is 0 Å². The van der Waals surface area contributed by atoms with Gasteiger partial charge in [0.05, 0.1) is 11.3 Å². The van der Waals surface area contributed by atoms with Gasteiger partial charge in [-0.05, 0) is 30.4 Å². The lowest BCUT2D eigenvalue weighted by atomic mass is 10.0. The normalized spacial score (nSPS) is 25.1. The molecule has 0 aliphatic carbocycles. The SMILES string of the molecule is COC(=O)[C@H](C)NC1C[C@H](C)Sc2sccc21. The van der Waals surface area contributed by atoms with Crippen molar-refractivity contribution < 1.29 is 9.53 Å². The van der Waals surface area contributed by atoms with Crippen molar-refractivity contribution in [1.29, 1.82) is 0 Å². The zero-order valence-electron chi connectivity index (χ0n) is 10.2. The minimum Gasteiger partial charge on any atom is -0.468 e. The Balaban J connectivity index is 2.10. The first-order valence-electron chi connectivity index (χ1n) is 5.69. The van der Waals surface area contributed by atoms with Gasteiger partial charge in [0.2, 0.25) is 0 Å². The number of esters is 1. The fourth-order valence-corrected chi connectivity index (χ4v) is 4.62. The smallest absolute Gasteiger partial charge is 0.322 e. The number of hydrogen-bond acceptors (Lipinski definition) is 5. The van der Waals surface area contributed by atoms with E-state index in [1.165, 1.54) is 16.9 Å². The molecule has 5 heteroatoms. The molecule has 0 saturated carbocycles. The van der Waals surface area contributed by atoms with Crippen LogP contribution < -0.4 is 5.32 Å². The van der Waals surface area contributed by atoms with Gasteiger partial charge in [0.1, 0.15) is 6.04 Å². The zero-order valence-corrected chi connectivity index (χ0v) is 11.9. The number of ether oxygens (including phenoxy) is 1. The molecule has 3 atom stereocenters. The molecule has 94 valence electrons. The number of carbonyl (C=O) groups excluding carboxylic acids is 1. The van der Waals surface area contributed by atoms with Crippen LogP contribution in [0.1, 0.15) is 31.9 Å². The van der Waals surface area contributed by atoms with Crippen molar-refractivity contribution in [3.05, 3.63) is 17.0 Å². The first-order chi connectivity index (χ1) is 8.11. The Labute approximate surface area is 110 Å². The van der Waals surface area contributed by atoms with E-state index in [9.17, 15) is 4.79 Å². The van der Waals surface area contributed by atoms with Crippen LogP contribution in [0.5, 0.6) is 0 Å². The Morgan fingerprint density at radius 1 is 1.65 bits per heavy atom. The van der Waals surface area contributed by atoms with Crippen molar-refractivity contribution in [3.8, 4) is 0 Å². The molecule has 1 aromatic rings. The van der Waals surface area contributed by atoms with Crippen LogP contribution in [0.15, 0.2) is 15.7 Å². The van der Waals surface area contributed by atoms with E-state index < -0.39 is 0 Å². The van der Waals surface area contributed by atoms with E-state index in [-0.39, 0.29) is 18.1 Å². The summed E-state index contributed by atoms with van der Waals surface area (Å²) in [5.74, 6) is -0.201. The van der Waals surface area contributed by atoms with Crippen LogP contribution in [-0.2, 0) is 9.53 Å². The highest BCUT2D eigenvalue weighted by Gasteiger charge is 2.28. The van der Waals surface area contributed by atoms with Crippen LogP contribution >= 0.6 is 23.1 Å². The Bertz CT molecular complexity index is 405. The van der Waals surface area contributed by atoms with Crippen LogP contribution in [0.3, 0.4) is 0 Å². The van der Waals surface area contributed by atoms with Crippen molar-refractivity contribution in [1.82, 2.24) is 5.32 Å². The monoisotopic (exact) mass is 271 g/mol. The van der Waals surface area contributed by atoms with E-state index in [2.05, 4.69) is 23.7 Å². The number of carbonyl (C=O) groups is 1. The van der Waals surface area contributed by atoms with Crippen LogP contribution in [0, 0.1) is 0 Å². The first-order valence-corrected chi connectivity index (χ1v) is 7.45. The van der Waals surface area contributed by atoms with Crippen molar-refractivity contribution in [2.24, 2.45) is 0 Å². The molecule has 2 heterocycles. The summed E-state index contributed by atoms with van der Waals surface area (Å²) in [5.41, 5.74) is 1.33. The van der Waals surface area contributed by atoms with Gasteiger partial charge in [-0.3, -0.25) is 10.1 Å². The number of thioether (sulfide) groups is 1. The minimum absolute atomic E-state index is 0.201. The predicted molar refractivity (Wildman–Crippen MR) is 71.6 cm³/mol. The number of nitrogens with one attached hydrogen (secondary N) is 1. The van der Waals surface area contributed by atoms with Gasteiger partial charge in [0.25, 0.3) is 0 Å². The van der Waals surface area contributed by atoms with Gasteiger partial charge >= 0.3 is 5.97 Å². The molecule has 0 radical (unpaired) electrons. The molecule has 1 unspecified atom stereocenters. The van der Waals surface area contributed by atoms with E-state index >= 15 is 0 Å². The summed E-state index contributed by atoms with van der Waals surface area (Å²) in [6.45, 7) is 4.08. The lowest BCUT2D eigenvalue weighted by molar-refractivity contribution is -0.142. The van der Waals surface area contributed by atoms with Crippen molar-refractivity contribution in [2.75, 3.05) is 7.11 Å². The van der Waals surface area contributed by atoms with Gasteiger partial charge in [-0.2, -0.15) is 0 Å². The van der Waals surface area contributed by atoms with Crippen LogP contribution in [0.25, 0.3) is 0 Å². The van der Waals surface area contributed by atoms with Gasteiger partial charge in [-0.15, -0.1) is 23.1 Å². The van der Waals surface area contributed by atoms with Crippen LogP contribution in [-0.4, -0.2) is 24.4 Å². The largest absolute Gasteiger partial charge is 0.468 e. The van der Waals surface area contributed by atoms with E-state index in [4.69, 9.17) is 4.74 Å². The van der Waals surface area contributed by atoms with Crippen LogP contribution in [0.4, 0.5) is 0 Å². The van der Waals surface area contributed by atoms with Gasteiger partial charge in [-0.25, -0.2) is 0 Å². The standard InChI is InChI=1S/C12H17NO2S2/c1-7-6-10(13-8(2)11(14)15-3)9-4-5-16-12(9)17-7/h4-5,7-8,10,13H,6H2,1-3H3/t7-,8-,10?/m0/s1. The number of hydrogen-bond donors (Lipinski definition) is 1. The summed E-state index contributed by atoms with van der Waals surface area (Å²) in [7, 11) is 1.43. The molecule has 17 heavy (non-hydrogen) atoms. The summed E-state index contributed by atoms with van der Waals surface area (Å²) in [4.78, 5) is 11.4. The second-order valence-corrected chi connectivity index (χ2v) is 6.91. The fourth-order valence-electron chi connectivity index (χ4n) is 2.05. The highest BCUT2D eigenvalue weighted by molar-refractivity contribution is 8.01. The molecular weight excluding hydrogens is 254 g/mol. The topological polar surface area (TPSA) is 38.3 Å². The first kappa shape index (κ1) is 12.9. The summed E-state index contributed by atoms with van der Waals surface area (Å²) in [6.07, 6.45) is 1.05. The lowest BCUT2D eigenvalue weighted by Gasteiger charge is -2.29. The molecule has 1 aromatic heterocycles. The predicted octanol–water partition coefficient (Wildman–Crippen LogP) is 2.82. The third kappa shape index (κ3) is 2.84. The molecule has 0 amide bonds. The second-order valence-electron chi connectivity index (χ2n) is 4.29. The fraction of sp³-hybridized carbons (Fsp3) is 0.583. The van der Waals surface area contributed by atoms with Crippen molar-refractivity contribution in [3.63, 3.8) is 0 Å². The average Bonchev–Trinajstić information content (AvgIpc) is 2.75. The Morgan fingerprint density at radius 2 is 2.41 bits per heavy atom.